The Bertz CT molecular complexity index is 1450. The molecule has 0 spiro atoms. The van der Waals surface area contributed by atoms with Gasteiger partial charge in [0.05, 0.1) is 23.6 Å². The molecular weight excluding hydrogens is 452 g/mol. The first kappa shape index (κ1) is 24.2. The van der Waals surface area contributed by atoms with E-state index in [1.165, 1.54) is 6.08 Å². The van der Waals surface area contributed by atoms with Gasteiger partial charge in [0.1, 0.15) is 11.6 Å². The Balaban J connectivity index is 1.65. The second-order valence-electron chi connectivity index (χ2n) is 8.00. The number of ether oxygens (including phenoxy) is 1. The quantitative estimate of drug-likeness (QED) is 0.214. The largest absolute Gasteiger partial charge is 0.462 e. The van der Waals surface area contributed by atoms with Gasteiger partial charge in [0.15, 0.2) is 0 Å². The van der Waals surface area contributed by atoms with Gasteiger partial charge < -0.3 is 10.1 Å². The maximum atomic E-state index is 12.9. The molecule has 0 unspecified atom stereocenters. The Kier molecular flexibility index (Phi) is 7.37. The lowest BCUT2D eigenvalue weighted by molar-refractivity contribution is -0.112. The molecule has 7 heteroatoms. The molecule has 1 N–H and O–H groups in total. The third-order valence-electron chi connectivity index (χ3n) is 5.41. The fourth-order valence-electron chi connectivity index (χ4n) is 3.55. The van der Waals surface area contributed by atoms with Crippen LogP contribution in [0.5, 0.6) is 0 Å². The van der Waals surface area contributed by atoms with Crippen LogP contribution in [0.25, 0.3) is 23.0 Å². The molecule has 0 aliphatic rings. The topological polar surface area (TPSA) is 97.0 Å². The van der Waals surface area contributed by atoms with Crippen LogP contribution in [0, 0.1) is 18.3 Å². The summed E-state index contributed by atoms with van der Waals surface area (Å²) < 4.78 is 6.70. The van der Waals surface area contributed by atoms with Crippen molar-refractivity contribution >= 4 is 23.6 Å². The van der Waals surface area contributed by atoms with E-state index in [1.54, 1.807) is 42.1 Å². The summed E-state index contributed by atoms with van der Waals surface area (Å²) in [6.45, 7) is 4.01. The van der Waals surface area contributed by atoms with Crippen LogP contribution in [0.3, 0.4) is 0 Å². The fourth-order valence-corrected chi connectivity index (χ4v) is 3.55. The summed E-state index contributed by atoms with van der Waals surface area (Å²) in [5, 5.41) is 17.2. The van der Waals surface area contributed by atoms with Gasteiger partial charge in [-0.3, -0.25) is 4.79 Å². The minimum Gasteiger partial charge on any atom is -0.462 e. The number of carbonyl (C=O) groups excluding carboxylic acids is 2. The Morgan fingerprint density at radius 2 is 1.72 bits per heavy atom. The SMILES string of the molecule is CCOC(=O)c1ccc(NC(=O)C(C#N)=Cc2cn(-c3ccccc3)nc2-c2ccc(C)cc2)cc1. The average Bonchev–Trinajstić information content (AvgIpc) is 3.32. The molecule has 1 heterocycles. The summed E-state index contributed by atoms with van der Waals surface area (Å²) in [5.41, 5.74) is 4.87. The molecule has 0 aliphatic heterocycles. The number of nitrogens with zero attached hydrogens (tertiary/aromatic N) is 3. The number of amides is 1. The molecule has 0 saturated carbocycles. The van der Waals surface area contributed by atoms with Crippen LogP contribution in [0.15, 0.2) is 90.6 Å². The summed E-state index contributed by atoms with van der Waals surface area (Å²) in [7, 11) is 0. The molecule has 36 heavy (non-hydrogen) atoms. The summed E-state index contributed by atoms with van der Waals surface area (Å²) in [6, 6.07) is 25.8. The highest BCUT2D eigenvalue weighted by molar-refractivity contribution is 6.10. The predicted molar refractivity (Wildman–Crippen MR) is 138 cm³/mol. The zero-order valence-corrected chi connectivity index (χ0v) is 19.9. The van der Waals surface area contributed by atoms with Gasteiger partial charge in [-0.25, -0.2) is 9.48 Å². The molecule has 0 saturated heterocycles. The fraction of sp³-hybridized carbons (Fsp3) is 0.103. The molecule has 4 aromatic rings. The van der Waals surface area contributed by atoms with E-state index < -0.39 is 11.9 Å². The van der Waals surface area contributed by atoms with Crippen molar-refractivity contribution < 1.29 is 14.3 Å². The summed E-state index contributed by atoms with van der Waals surface area (Å²) in [4.78, 5) is 24.8. The lowest BCUT2D eigenvalue weighted by Gasteiger charge is -2.06. The monoisotopic (exact) mass is 476 g/mol. The molecule has 178 valence electrons. The molecular formula is C29H24N4O3. The van der Waals surface area contributed by atoms with Gasteiger partial charge in [0.25, 0.3) is 5.91 Å². The second kappa shape index (κ2) is 11.0. The van der Waals surface area contributed by atoms with E-state index in [9.17, 15) is 14.9 Å². The van der Waals surface area contributed by atoms with Crippen LogP contribution >= 0.6 is 0 Å². The highest BCUT2D eigenvalue weighted by atomic mass is 16.5. The standard InChI is InChI=1S/C29H24N4O3/c1-3-36-29(35)22-13-15-25(16-14-22)31-28(34)23(18-30)17-24-19-33(26-7-5-4-6-8-26)32-27(24)21-11-9-20(2)10-12-21/h4-17,19H,3H2,1-2H3,(H,31,34). The number of nitriles is 1. The van der Waals surface area contributed by atoms with Gasteiger partial charge in [-0.1, -0.05) is 48.0 Å². The van der Waals surface area contributed by atoms with Crippen molar-refractivity contribution in [1.29, 1.82) is 5.26 Å². The van der Waals surface area contributed by atoms with Crippen LogP contribution in [0.4, 0.5) is 5.69 Å². The van der Waals surface area contributed by atoms with Crippen molar-refractivity contribution in [3.8, 4) is 23.0 Å². The Morgan fingerprint density at radius 1 is 1.03 bits per heavy atom. The van der Waals surface area contributed by atoms with Crippen molar-refractivity contribution in [2.45, 2.75) is 13.8 Å². The molecule has 0 fully saturated rings. The summed E-state index contributed by atoms with van der Waals surface area (Å²) in [5.74, 6) is -1.00. The number of nitrogens with one attached hydrogen (secondary N) is 1. The number of carbonyl (C=O) groups is 2. The van der Waals surface area contributed by atoms with Crippen LogP contribution in [0.2, 0.25) is 0 Å². The lowest BCUT2D eigenvalue weighted by Crippen LogP contribution is -2.13. The Morgan fingerprint density at radius 3 is 2.36 bits per heavy atom. The lowest BCUT2D eigenvalue weighted by atomic mass is 10.0. The first-order valence-corrected chi connectivity index (χ1v) is 11.4. The highest BCUT2D eigenvalue weighted by Crippen LogP contribution is 2.26. The Hall–Kier alpha value is -4.96. The van der Waals surface area contributed by atoms with Crippen LogP contribution in [0.1, 0.15) is 28.4 Å². The normalized spacial score (nSPS) is 11.0. The number of para-hydroxylation sites is 1. The van der Waals surface area contributed by atoms with Crippen molar-refractivity contribution in [2.24, 2.45) is 0 Å². The average molecular weight is 477 g/mol. The number of hydrogen-bond acceptors (Lipinski definition) is 5. The van der Waals surface area contributed by atoms with E-state index in [-0.39, 0.29) is 12.2 Å². The number of hydrogen-bond donors (Lipinski definition) is 1. The maximum Gasteiger partial charge on any atom is 0.338 e. The minimum atomic E-state index is -0.566. The summed E-state index contributed by atoms with van der Waals surface area (Å²) >= 11 is 0. The van der Waals surface area contributed by atoms with E-state index in [4.69, 9.17) is 9.84 Å². The van der Waals surface area contributed by atoms with Crippen molar-refractivity contribution in [2.75, 3.05) is 11.9 Å². The van der Waals surface area contributed by atoms with Gasteiger partial charge >= 0.3 is 5.97 Å². The highest BCUT2D eigenvalue weighted by Gasteiger charge is 2.16. The molecule has 0 radical (unpaired) electrons. The van der Waals surface area contributed by atoms with Crippen molar-refractivity contribution in [3.05, 3.63) is 107 Å². The second-order valence-corrected chi connectivity index (χ2v) is 8.00. The minimum absolute atomic E-state index is 0.0783. The molecule has 0 aliphatic carbocycles. The molecule has 0 bridgehead atoms. The number of benzene rings is 3. The van der Waals surface area contributed by atoms with Gasteiger partial charge in [-0.05, 0) is 56.3 Å². The van der Waals surface area contributed by atoms with Gasteiger partial charge in [-0.2, -0.15) is 10.4 Å². The zero-order valence-electron chi connectivity index (χ0n) is 19.9. The van der Waals surface area contributed by atoms with Crippen molar-refractivity contribution in [1.82, 2.24) is 9.78 Å². The van der Waals surface area contributed by atoms with E-state index in [1.807, 2.05) is 67.6 Å². The Labute approximate surface area is 209 Å². The number of rotatable bonds is 7. The molecule has 7 nitrogen and oxygen atoms in total. The molecule has 0 atom stereocenters. The smallest absolute Gasteiger partial charge is 0.338 e. The first-order valence-electron chi connectivity index (χ1n) is 11.4. The molecule has 3 aromatic carbocycles. The van der Waals surface area contributed by atoms with Crippen LogP contribution in [-0.2, 0) is 9.53 Å². The van der Waals surface area contributed by atoms with Crippen LogP contribution < -0.4 is 5.32 Å². The first-order chi connectivity index (χ1) is 17.5. The van der Waals surface area contributed by atoms with E-state index >= 15 is 0 Å². The predicted octanol–water partition coefficient (Wildman–Crippen LogP) is 5.57. The van der Waals surface area contributed by atoms with Crippen LogP contribution in [-0.4, -0.2) is 28.3 Å². The van der Waals surface area contributed by atoms with E-state index in [0.29, 0.717) is 22.5 Å². The third kappa shape index (κ3) is 5.57. The number of aromatic nitrogens is 2. The number of esters is 1. The third-order valence-corrected chi connectivity index (χ3v) is 5.41. The van der Waals surface area contributed by atoms with E-state index in [2.05, 4.69) is 5.32 Å². The molecule has 4 rings (SSSR count). The molecule has 1 amide bonds. The number of aryl methyl sites for hydroxylation is 1. The van der Waals surface area contributed by atoms with E-state index in [0.717, 1.165) is 16.8 Å². The van der Waals surface area contributed by atoms with Crippen molar-refractivity contribution in [3.63, 3.8) is 0 Å². The maximum absolute atomic E-state index is 12.9. The molecule has 1 aromatic heterocycles. The van der Waals surface area contributed by atoms with Gasteiger partial charge in [-0.15, -0.1) is 0 Å². The number of anilines is 1. The zero-order chi connectivity index (χ0) is 25.5. The summed E-state index contributed by atoms with van der Waals surface area (Å²) in [6.07, 6.45) is 3.33. The van der Waals surface area contributed by atoms with Gasteiger partial charge in [0.2, 0.25) is 0 Å². The van der Waals surface area contributed by atoms with Gasteiger partial charge in [0, 0.05) is 23.0 Å².